The predicted octanol–water partition coefficient (Wildman–Crippen LogP) is 2.20. The second-order valence-corrected chi connectivity index (χ2v) is 8.24. The van der Waals surface area contributed by atoms with Gasteiger partial charge in [0.1, 0.15) is 0 Å². The highest BCUT2D eigenvalue weighted by molar-refractivity contribution is 6.45. The molecule has 3 aliphatic rings. The Morgan fingerprint density at radius 3 is 2.45 bits per heavy atom. The minimum Gasteiger partial charge on any atom is -0.376 e. The van der Waals surface area contributed by atoms with Crippen molar-refractivity contribution < 1.29 is 23.9 Å². The van der Waals surface area contributed by atoms with Crippen LogP contribution >= 0.6 is 0 Å². The van der Waals surface area contributed by atoms with E-state index >= 15 is 0 Å². The number of ether oxygens (including phenoxy) is 1. The topological polar surface area (TPSA) is 88.9 Å². The summed E-state index contributed by atoms with van der Waals surface area (Å²) in [5.41, 5.74) is 2.21. The highest BCUT2D eigenvalue weighted by Crippen LogP contribution is 2.28. The molecule has 4 rings (SSSR count). The predicted molar refractivity (Wildman–Crippen MR) is 103 cm³/mol. The van der Waals surface area contributed by atoms with Crippen LogP contribution in [0, 0.1) is 13.8 Å². The van der Waals surface area contributed by atoms with Gasteiger partial charge < -0.3 is 9.30 Å². The molecule has 3 fully saturated rings. The number of carbonyl (C=O) groups excluding carboxylic acids is 4. The minimum absolute atomic E-state index is 0.141. The summed E-state index contributed by atoms with van der Waals surface area (Å²) in [7, 11) is 0. The lowest BCUT2D eigenvalue weighted by Gasteiger charge is -2.20. The first-order chi connectivity index (χ1) is 13.9. The van der Waals surface area contributed by atoms with Crippen LogP contribution in [0.2, 0.25) is 0 Å². The van der Waals surface area contributed by atoms with E-state index in [-0.39, 0.29) is 17.9 Å². The fourth-order valence-electron chi connectivity index (χ4n) is 4.73. The molecule has 8 nitrogen and oxygen atoms in total. The number of hydrogen-bond donors (Lipinski definition) is 0. The second kappa shape index (κ2) is 7.74. The molecule has 3 heterocycles. The fourth-order valence-corrected chi connectivity index (χ4v) is 4.73. The molecule has 1 aromatic heterocycles. The smallest absolute Gasteiger partial charge is 0.334 e. The first-order valence-electron chi connectivity index (χ1n) is 10.4. The molecule has 2 aliphatic heterocycles. The van der Waals surface area contributed by atoms with Crippen molar-refractivity contribution in [1.29, 1.82) is 0 Å². The molecule has 0 unspecified atom stereocenters. The lowest BCUT2D eigenvalue weighted by molar-refractivity contribution is -0.143. The summed E-state index contributed by atoms with van der Waals surface area (Å²) in [6.07, 6.45) is 5.49. The van der Waals surface area contributed by atoms with Crippen LogP contribution in [0.15, 0.2) is 6.07 Å². The number of rotatable bonds is 6. The summed E-state index contributed by atoms with van der Waals surface area (Å²) >= 11 is 0. The maximum Gasteiger partial charge on any atom is 0.334 e. The Hall–Kier alpha value is -2.48. The van der Waals surface area contributed by atoms with Crippen molar-refractivity contribution in [3.8, 4) is 0 Å². The number of carbonyl (C=O) groups is 4. The summed E-state index contributed by atoms with van der Waals surface area (Å²) in [6, 6.07) is 0.901. The summed E-state index contributed by atoms with van der Waals surface area (Å²) in [6.45, 7) is 4.83. The van der Waals surface area contributed by atoms with Gasteiger partial charge in [-0.25, -0.2) is 9.69 Å². The number of imide groups is 2. The van der Waals surface area contributed by atoms with E-state index in [1.54, 1.807) is 6.07 Å². The van der Waals surface area contributed by atoms with Gasteiger partial charge >= 0.3 is 17.8 Å². The van der Waals surface area contributed by atoms with Crippen LogP contribution in [0.5, 0.6) is 0 Å². The normalized spacial score (nSPS) is 23.1. The Morgan fingerprint density at radius 1 is 1.07 bits per heavy atom. The molecule has 156 valence electrons. The van der Waals surface area contributed by atoms with Gasteiger partial charge in [0.2, 0.25) is 0 Å². The SMILES string of the molecule is Cc1cc(C(=O)CN2C(=O)C(=O)N(C3CCCC3)C2=O)c(C)n1C[C@H]1CCCO1. The average molecular weight is 401 g/mol. The standard InChI is InChI=1S/C21H27N3O5/c1-13-10-17(14(2)22(13)11-16-8-5-9-29-16)18(25)12-23-19(26)20(27)24(21(23)28)15-6-3-4-7-15/h10,15-16H,3-9,11-12H2,1-2H3/t16-/m1/s1. The molecule has 0 N–H and O–H groups in total. The maximum absolute atomic E-state index is 12.9. The van der Waals surface area contributed by atoms with E-state index in [9.17, 15) is 19.2 Å². The van der Waals surface area contributed by atoms with E-state index < -0.39 is 24.4 Å². The Balaban J connectivity index is 1.49. The van der Waals surface area contributed by atoms with Gasteiger partial charge in [0.15, 0.2) is 5.78 Å². The van der Waals surface area contributed by atoms with Gasteiger partial charge in [-0.15, -0.1) is 0 Å². The molecule has 1 aromatic rings. The maximum atomic E-state index is 12.9. The first-order valence-corrected chi connectivity index (χ1v) is 10.4. The third kappa shape index (κ3) is 3.50. The van der Waals surface area contributed by atoms with Crippen molar-refractivity contribution in [1.82, 2.24) is 14.4 Å². The van der Waals surface area contributed by atoms with Crippen LogP contribution in [0.4, 0.5) is 4.79 Å². The highest BCUT2D eigenvalue weighted by Gasteiger charge is 2.48. The zero-order valence-corrected chi connectivity index (χ0v) is 17.0. The van der Waals surface area contributed by atoms with Crippen molar-refractivity contribution in [3.63, 3.8) is 0 Å². The number of urea groups is 1. The van der Waals surface area contributed by atoms with Crippen molar-refractivity contribution in [2.75, 3.05) is 13.2 Å². The molecule has 8 heteroatoms. The highest BCUT2D eigenvalue weighted by atomic mass is 16.5. The lowest BCUT2D eigenvalue weighted by atomic mass is 10.1. The summed E-state index contributed by atoms with van der Waals surface area (Å²) in [5.74, 6) is -2.04. The summed E-state index contributed by atoms with van der Waals surface area (Å²) in [5, 5.41) is 0. The molecule has 1 aliphatic carbocycles. The van der Waals surface area contributed by atoms with Crippen LogP contribution in [0.1, 0.15) is 60.3 Å². The molecule has 1 saturated carbocycles. The van der Waals surface area contributed by atoms with Crippen molar-refractivity contribution in [2.45, 2.75) is 71.1 Å². The monoisotopic (exact) mass is 401 g/mol. The Kier molecular flexibility index (Phi) is 5.29. The molecule has 1 atom stereocenters. The third-order valence-electron chi connectivity index (χ3n) is 6.36. The fraction of sp³-hybridized carbons (Fsp3) is 0.619. The van der Waals surface area contributed by atoms with Gasteiger partial charge in [-0.2, -0.15) is 0 Å². The molecule has 29 heavy (non-hydrogen) atoms. The zero-order valence-electron chi connectivity index (χ0n) is 17.0. The molecular formula is C21H27N3O5. The van der Waals surface area contributed by atoms with Crippen LogP contribution < -0.4 is 0 Å². The van der Waals surface area contributed by atoms with Crippen LogP contribution in [0.3, 0.4) is 0 Å². The van der Waals surface area contributed by atoms with E-state index in [0.717, 1.165) is 66.3 Å². The molecule has 0 aromatic carbocycles. The van der Waals surface area contributed by atoms with E-state index in [2.05, 4.69) is 0 Å². The van der Waals surface area contributed by atoms with Crippen LogP contribution in [-0.2, 0) is 20.9 Å². The van der Waals surface area contributed by atoms with Gasteiger partial charge in [0, 0.05) is 36.1 Å². The Labute approximate surface area is 169 Å². The van der Waals surface area contributed by atoms with Crippen molar-refractivity contribution >= 4 is 23.6 Å². The van der Waals surface area contributed by atoms with E-state index in [4.69, 9.17) is 4.74 Å². The quantitative estimate of drug-likeness (QED) is 0.414. The Morgan fingerprint density at radius 2 is 1.79 bits per heavy atom. The van der Waals surface area contributed by atoms with Crippen molar-refractivity contribution in [3.05, 3.63) is 23.0 Å². The third-order valence-corrected chi connectivity index (χ3v) is 6.36. The van der Waals surface area contributed by atoms with Crippen LogP contribution in [-0.4, -0.2) is 63.3 Å². The molecule has 0 radical (unpaired) electrons. The summed E-state index contributed by atoms with van der Waals surface area (Å²) in [4.78, 5) is 52.2. The van der Waals surface area contributed by atoms with Gasteiger partial charge in [0.25, 0.3) is 0 Å². The lowest BCUT2D eigenvalue weighted by Crippen LogP contribution is -2.41. The number of amides is 4. The average Bonchev–Trinajstić information content (AvgIpc) is 3.47. The number of hydrogen-bond acceptors (Lipinski definition) is 5. The first kappa shape index (κ1) is 19.8. The molecule has 4 amide bonds. The molecule has 0 spiro atoms. The number of aryl methyl sites for hydroxylation is 1. The van der Waals surface area contributed by atoms with Crippen LogP contribution in [0.25, 0.3) is 0 Å². The number of ketones is 1. The van der Waals surface area contributed by atoms with Crippen molar-refractivity contribution in [2.24, 2.45) is 0 Å². The number of Topliss-reactive ketones (excluding diaryl/α,β-unsaturated/α-hetero) is 1. The molecule has 2 saturated heterocycles. The number of aromatic nitrogens is 1. The second-order valence-electron chi connectivity index (χ2n) is 8.24. The Bertz CT molecular complexity index is 862. The van der Waals surface area contributed by atoms with Gasteiger partial charge in [-0.05, 0) is 45.6 Å². The number of nitrogens with zero attached hydrogens (tertiary/aromatic N) is 3. The minimum atomic E-state index is -0.900. The van der Waals surface area contributed by atoms with Gasteiger partial charge in [-0.1, -0.05) is 12.8 Å². The zero-order chi connectivity index (χ0) is 20.7. The molecule has 0 bridgehead atoms. The molecular weight excluding hydrogens is 374 g/mol. The van der Waals surface area contributed by atoms with Gasteiger partial charge in [-0.3, -0.25) is 19.3 Å². The largest absolute Gasteiger partial charge is 0.376 e. The summed E-state index contributed by atoms with van der Waals surface area (Å²) < 4.78 is 7.75. The van der Waals surface area contributed by atoms with E-state index in [1.807, 2.05) is 18.4 Å². The van der Waals surface area contributed by atoms with E-state index in [1.165, 1.54) is 0 Å². The van der Waals surface area contributed by atoms with Gasteiger partial charge in [0.05, 0.1) is 12.6 Å². The van der Waals surface area contributed by atoms with E-state index in [0.29, 0.717) is 12.1 Å².